The SMILES string of the molecule is COc1cccc([C@@H]2CN(C(=O)CN3CCN(C(C)C)CC3)C[C@H]2c2csnn2)c1. The third kappa shape index (κ3) is 4.66. The van der Waals surface area contributed by atoms with Crippen molar-refractivity contribution in [3.05, 3.63) is 40.9 Å². The van der Waals surface area contributed by atoms with E-state index in [1.807, 2.05) is 22.4 Å². The van der Waals surface area contributed by atoms with Crippen molar-refractivity contribution in [1.29, 1.82) is 0 Å². The van der Waals surface area contributed by atoms with E-state index in [4.69, 9.17) is 4.74 Å². The van der Waals surface area contributed by atoms with Crippen molar-refractivity contribution in [2.75, 3.05) is 52.9 Å². The number of likely N-dealkylation sites (tertiary alicyclic amines) is 1. The number of benzene rings is 1. The van der Waals surface area contributed by atoms with Crippen LogP contribution in [0.15, 0.2) is 29.6 Å². The number of hydrogen-bond donors (Lipinski definition) is 0. The van der Waals surface area contributed by atoms with E-state index in [0.29, 0.717) is 25.7 Å². The minimum Gasteiger partial charge on any atom is -0.497 e. The van der Waals surface area contributed by atoms with Gasteiger partial charge in [0.15, 0.2) is 0 Å². The number of aromatic nitrogens is 2. The fraction of sp³-hybridized carbons (Fsp3) is 0.591. The zero-order chi connectivity index (χ0) is 21.1. The van der Waals surface area contributed by atoms with Crippen LogP contribution >= 0.6 is 11.5 Å². The Labute approximate surface area is 182 Å². The molecule has 2 saturated heterocycles. The molecule has 7 nitrogen and oxygen atoms in total. The molecule has 8 heteroatoms. The van der Waals surface area contributed by atoms with Gasteiger partial charge in [-0.1, -0.05) is 16.6 Å². The number of amides is 1. The van der Waals surface area contributed by atoms with Gasteiger partial charge < -0.3 is 9.64 Å². The summed E-state index contributed by atoms with van der Waals surface area (Å²) in [7, 11) is 1.68. The van der Waals surface area contributed by atoms with Crippen molar-refractivity contribution in [3.8, 4) is 5.75 Å². The van der Waals surface area contributed by atoms with E-state index in [2.05, 4.69) is 45.4 Å². The highest BCUT2D eigenvalue weighted by atomic mass is 32.1. The lowest BCUT2D eigenvalue weighted by atomic mass is 9.87. The van der Waals surface area contributed by atoms with Crippen molar-refractivity contribution >= 4 is 17.4 Å². The number of rotatable bonds is 6. The van der Waals surface area contributed by atoms with E-state index in [0.717, 1.165) is 37.6 Å². The van der Waals surface area contributed by atoms with Crippen LogP contribution in [0.4, 0.5) is 0 Å². The predicted octanol–water partition coefficient (Wildman–Crippen LogP) is 2.28. The van der Waals surface area contributed by atoms with E-state index in [9.17, 15) is 4.79 Å². The Bertz CT molecular complexity index is 836. The topological polar surface area (TPSA) is 61.8 Å². The molecule has 2 aromatic rings. The number of methoxy groups -OCH3 is 1. The van der Waals surface area contributed by atoms with Gasteiger partial charge in [0.25, 0.3) is 0 Å². The fourth-order valence-electron chi connectivity index (χ4n) is 4.58. The van der Waals surface area contributed by atoms with Gasteiger partial charge in [0.1, 0.15) is 5.75 Å². The van der Waals surface area contributed by atoms with Crippen molar-refractivity contribution in [1.82, 2.24) is 24.3 Å². The normalized spacial score (nSPS) is 23.3. The van der Waals surface area contributed by atoms with E-state index in [-0.39, 0.29) is 17.7 Å². The van der Waals surface area contributed by atoms with Crippen molar-refractivity contribution in [2.45, 2.75) is 31.7 Å². The number of carbonyl (C=O) groups excluding carboxylic acids is 1. The molecule has 2 aliphatic heterocycles. The summed E-state index contributed by atoms with van der Waals surface area (Å²) in [5.74, 6) is 1.42. The second-order valence-corrected chi connectivity index (χ2v) is 9.13. The minimum absolute atomic E-state index is 0.164. The van der Waals surface area contributed by atoms with Crippen LogP contribution < -0.4 is 4.74 Å². The highest BCUT2D eigenvalue weighted by Crippen LogP contribution is 2.40. The molecule has 4 rings (SSSR count). The number of ether oxygens (including phenoxy) is 1. The summed E-state index contributed by atoms with van der Waals surface area (Å²) < 4.78 is 9.49. The van der Waals surface area contributed by atoms with Gasteiger partial charge in [-0.25, -0.2) is 0 Å². The first kappa shape index (κ1) is 21.2. The van der Waals surface area contributed by atoms with Crippen LogP contribution in [0.2, 0.25) is 0 Å². The first-order chi connectivity index (χ1) is 14.5. The first-order valence-corrected chi connectivity index (χ1v) is 11.5. The summed E-state index contributed by atoms with van der Waals surface area (Å²) in [5, 5.41) is 6.35. The molecule has 0 aliphatic carbocycles. The van der Waals surface area contributed by atoms with Gasteiger partial charge in [0, 0.05) is 62.5 Å². The summed E-state index contributed by atoms with van der Waals surface area (Å²) in [4.78, 5) is 19.9. The minimum atomic E-state index is 0.164. The number of hydrogen-bond acceptors (Lipinski definition) is 7. The van der Waals surface area contributed by atoms with Crippen molar-refractivity contribution in [3.63, 3.8) is 0 Å². The second kappa shape index (κ2) is 9.41. The summed E-state index contributed by atoms with van der Waals surface area (Å²) in [6.07, 6.45) is 0. The van der Waals surface area contributed by atoms with Crippen molar-refractivity contribution < 1.29 is 9.53 Å². The van der Waals surface area contributed by atoms with Crippen LogP contribution in [0.25, 0.3) is 0 Å². The maximum absolute atomic E-state index is 13.2. The number of piperazine rings is 1. The highest BCUT2D eigenvalue weighted by Gasteiger charge is 2.39. The largest absolute Gasteiger partial charge is 0.497 e. The molecule has 3 heterocycles. The van der Waals surface area contributed by atoms with Crippen molar-refractivity contribution in [2.24, 2.45) is 0 Å². The van der Waals surface area contributed by atoms with E-state index < -0.39 is 0 Å². The lowest BCUT2D eigenvalue weighted by Gasteiger charge is -2.37. The molecule has 0 N–H and O–H groups in total. The third-order valence-corrected chi connectivity index (χ3v) is 6.97. The van der Waals surface area contributed by atoms with Gasteiger partial charge >= 0.3 is 0 Å². The van der Waals surface area contributed by atoms with Gasteiger partial charge in [-0.05, 0) is 43.1 Å². The molecule has 30 heavy (non-hydrogen) atoms. The van der Waals surface area contributed by atoms with Gasteiger partial charge in [-0.3, -0.25) is 14.6 Å². The molecule has 1 aromatic heterocycles. The number of carbonyl (C=O) groups is 1. The lowest BCUT2D eigenvalue weighted by Crippen LogP contribution is -2.51. The average Bonchev–Trinajstić information content (AvgIpc) is 3.44. The molecule has 2 fully saturated rings. The maximum atomic E-state index is 13.2. The van der Waals surface area contributed by atoms with Gasteiger partial charge in [0.05, 0.1) is 19.3 Å². The van der Waals surface area contributed by atoms with Crippen LogP contribution in [0, 0.1) is 0 Å². The molecular formula is C22H31N5O2S. The van der Waals surface area contributed by atoms with E-state index >= 15 is 0 Å². The Hall–Kier alpha value is -2.03. The standard InChI is InChI=1S/C22H31N5O2S/c1-16(2)26-9-7-25(8-10-26)14-22(28)27-12-19(17-5-4-6-18(11-17)29-3)20(13-27)21-15-30-24-23-21/h4-6,11,15-16,19-20H,7-10,12-14H2,1-3H3/t19-,20+/m0/s1. The number of nitrogens with zero attached hydrogens (tertiary/aromatic N) is 5. The monoisotopic (exact) mass is 429 g/mol. The van der Waals surface area contributed by atoms with Crippen LogP contribution in [0.3, 0.4) is 0 Å². The molecule has 1 amide bonds. The smallest absolute Gasteiger partial charge is 0.236 e. The molecule has 162 valence electrons. The Morgan fingerprint density at radius 3 is 2.63 bits per heavy atom. The van der Waals surface area contributed by atoms with E-state index in [1.54, 1.807) is 7.11 Å². The summed E-state index contributed by atoms with van der Waals surface area (Å²) >= 11 is 1.37. The summed E-state index contributed by atoms with van der Waals surface area (Å²) in [5.41, 5.74) is 2.17. The molecule has 2 atom stereocenters. The first-order valence-electron chi connectivity index (χ1n) is 10.7. The third-order valence-electron chi connectivity index (χ3n) is 6.45. The quantitative estimate of drug-likeness (QED) is 0.702. The average molecular weight is 430 g/mol. The van der Waals surface area contributed by atoms with Gasteiger partial charge in [-0.15, -0.1) is 5.10 Å². The molecule has 1 aromatic carbocycles. The Morgan fingerprint density at radius 1 is 1.20 bits per heavy atom. The Morgan fingerprint density at radius 2 is 1.97 bits per heavy atom. The van der Waals surface area contributed by atoms with Crippen LogP contribution in [-0.4, -0.2) is 89.2 Å². The van der Waals surface area contributed by atoms with Crippen LogP contribution in [0.1, 0.15) is 36.9 Å². The maximum Gasteiger partial charge on any atom is 0.236 e. The molecule has 0 saturated carbocycles. The summed E-state index contributed by atoms with van der Waals surface area (Å²) in [6.45, 7) is 10.3. The Balaban J connectivity index is 1.45. The molecule has 0 radical (unpaired) electrons. The molecule has 0 bridgehead atoms. The predicted molar refractivity (Wildman–Crippen MR) is 118 cm³/mol. The lowest BCUT2D eigenvalue weighted by molar-refractivity contribution is -0.131. The van der Waals surface area contributed by atoms with E-state index in [1.165, 1.54) is 17.1 Å². The Kier molecular flexibility index (Phi) is 6.65. The zero-order valence-corrected chi connectivity index (χ0v) is 18.8. The van der Waals surface area contributed by atoms with Gasteiger partial charge in [0.2, 0.25) is 5.91 Å². The molecule has 0 spiro atoms. The van der Waals surface area contributed by atoms with Crippen LogP contribution in [0.5, 0.6) is 5.75 Å². The fourth-order valence-corrected chi connectivity index (χ4v) is 5.10. The van der Waals surface area contributed by atoms with Gasteiger partial charge in [-0.2, -0.15) is 0 Å². The molecule has 0 unspecified atom stereocenters. The molecule has 2 aliphatic rings. The summed E-state index contributed by atoms with van der Waals surface area (Å²) in [6, 6.07) is 8.74. The van der Waals surface area contributed by atoms with Crippen LogP contribution in [-0.2, 0) is 4.79 Å². The highest BCUT2D eigenvalue weighted by molar-refractivity contribution is 7.03. The second-order valence-electron chi connectivity index (χ2n) is 8.52. The zero-order valence-electron chi connectivity index (χ0n) is 18.0. The molecular weight excluding hydrogens is 398 g/mol.